The molecule has 2 aromatic carbocycles. The minimum absolute atomic E-state index is 0. The van der Waals surface area contributed by atoms with Crippen molar-refractivity contribution in [3.05, 3.63) is 57.6 Å². The van der Waals surface area contributed by atoms with Crippen LogP contribution in [0.5, 0.6) is 0 Å². The summed E-state index contributed by atoms with van der Waals surface area (Å²) < 4.78 is 0. The first-order valence-electron chi connectivity index (χ1n) is 15.3. The Hall–Kier alpha value is -1.51. The molecular formula is C35H59N3Ni. The Morgan fingerprint density at radius 3 is 0.949 bits per heavy atom. The van der Waals surface area contributed by atoms with Crippen molar-refractivity contribution in [2.45, 2.75) is 119 Å². The maximum atomic E-state index is 3.85. The number of hydrogen-bond acceptors (Lipinski definition) is 3. The van der Waals surface area contributed by atoms with Crippen LogP contribution >= 0.6 is 0 Å². The van der Waals surface area contributed by atoms with Crippen molar-refractivity contribution < 1.29 is 16.5 Å². The largest absolute Gasteiger partial charge is 0.383 e. The third-order valence-electron chi connectivity index (χ3n) is 7.86. The molecule has 0 heterocycles. The molecule has 0 saturated heterocycles. The van der Waals surface area contributed by atoms with Crippen molar-refractivity contribution in [2.24, 2.45) is 0 Å². The van der Waals surface area contributed by atoms with Crippen LogP contribution in [-0.2, 0) is 16.5 Å². The van der Waals surface area contributed by atoms with Crippen LogP contribution in [0.3, 0.4) is 0 Å². The van der Waals surface area contributed by atoms with E-state index in [0.29, 0.717) is 35.5 Å². The zero-order valence-corrected chi connectivity index (χ0v) is 28.4. The third-order valence-corrected chi connectivity index (χ3v) is 7.86. The molecule has 39 heavy (non-hydrogen) atoms. The maximum absolute atomic E-state index is 3.85. The number of hydrogen-bond donors (Lipinski definition) is 2. The first-order valence-corrected chi connectivity index (χ1v) is 15.3. The summed E-state index contributed by atoms with van der Waals surface area (Å²) in [7, 11) is 2.24. The molecule has 0 fully saturated rings. The van der Waals surface area contributed by atoms with E-state index in [-0.39, 0.29) is 16.5 Å². The van der Waals surface area contributed by atoms with E-state index in [0.717, 1.165) is 26.2 Å². The standard InChI is InChI=1S/C35H59N3.Ni/c1-22(2)28-18-30(24(5)6)34(31(19-28)25(7)8)36-14-16-38(13)17-15-37-35-32(26(9)10)20-29(23(3)4)21-33(35)27(11)12;/h18-27,36-37H,14-17H2,1-13H3;. The second kappa shape index (κ2) is 16.1. The number of rotatable bonds is 14. The first-order chi connectivity index (χ1) is 17.7. The number of benzene rings is 2. The number of anilines is 2. The van der Waals surface area contributed by atoms with Crippen LogP contribution in [-0.4, -0.2) is 38.1 Å². The van der Waals surface area contributed by atoms with Crippen molar-refractivity contribution in [2.75, 3.05) is 43.9 Å². The summed E-state index contributed by atoms with van der Waals surface area (Å²) >= 11 is 0. The summed E-state index contributed by atoms with van der Waals surface area (Å²) in [6.07, 6.45) is 0. The predicted octanol–water partition coefficient (Wildman–Crippen LogP) is 9.88. The fourth-order valence-electron chi connectivity index (χ4n) is 5.18. The van der Waals surface area contributed by atoms with Crippen LogP contribution in [0.4, 0.5) is 11.4 Å². The molecule has 0 radical (unpaired) electrons. The van der Waals surface area contributed by atoms with Crippen molar-refractivity contribution >= 4 is 11.4 Å². The second-order valence-corrected chi connectivity index (χ2v) is 13.2. The van der Waals surface area contributed by atoms with E-state index in [1.165, 1.54) is 44.8 Å². The van der Waals surface area contributed by atoms with Crippen LogP contribution in [0, 0.1) is 0 Å². The molecule has 2 aromatic rings. The summed E-state index contributed by atoms with van der Waals surface area (Å²) in [4.78, 5) is 2.44. The van der Waals surface area contributed by atoms with Crippen molar-refractivity contribution in [3.8, 4) is 0 Å². The Kier molecular flexibility index (Phi) is 14.6. The predicted molar refractivity (Wildman–Crippen MR) is 172 cm³/mol. The SMILES string of the molecule is CC(C)c1cc(C(C)C)c(NCCN(C)CCNc2c(C(C)C)cc(C(C)C)cc2C(C)C)c(C(C)C)c1.[Ni]. The van der Waals surface area contributed by atoms with Crippen molar-refractivity contribution in [1.29, 1.82) is 0 Å². The molecule has 2 rings (SSSR count). The zero-order valence-electron chi connectivity index (χ0n) is 27.4. The first kappa shape index (κ1) is 35.5. The molecule has 0 aliphatic rings. The van der Waals surface area contributed by atoms with E-state index in [1.807, 2.05) is 0 Å². The van der Waals surface area contributed by atoms with E-state index in [4.69, 9.17) is 0 Å². The van der Waals surface area contributed by atoms with Gasteiger partial charge in [-0.3, -0.25) is 0 Å². The summed E-state index contributed by atoms with van der Waals surface area (Å²) in [5, 5.41) is 7.71. The molecule has 2 N–H and O–H groups in total. The minimum Gasteiger partial charge on any atom is -0.383 e. The van der Waals surface area contributed by atoms with Crippen molar-refractivity contribution in [3.63, 3.8) is 0 Å². The summed E-state index contributed by atoms with van der Waals surface area (Å²) in [5.41, 5.74) is 11.4. The van der Waals surface area contributed by atoms with Crippen LogP contribution in [0.25, 0.3) is 0 Å². The van der Waals surface area contributed by atoms with Crippen LogP contribution in [0.2, 0.25) is 0 Å². The van der Waals surface area contributed by atoms with Crippen LogP contribution in [0.15, 0.2) is 24.3 Å². The molecule has 0 aliphatic heterocycles. The normalized spacial score (nSPS) is 12.0. The van der Waals surface area contributed by atoms with Crippen LogP contribution in [0.1, 0.15) is 152 Å². The van der Waals surface area contributed by atoms with Gasteiger partial charge in [-0.2, -0.15) is 0 Å². The van der Waals surface area contributed by atoms with Crippen molar-refractivity contribution in [1.82, 2.24) is 4.90 Å². The number of nitrogens with one attached hydrogen (secondary N) is 2. The quantitative estimate of drug-likeness (QED) is 0.218. The third kappa shape index (κ3) is 9.82. The fourth-order valence-corrected chi connectivity index (χ4v) is 5.18. The van der Waals surface area contributed by atoms with Gasteiger partial charge in [-0.1, -0.05) is 107 Å². The van der Waals surface area contributed by atoms with E-state index in [1.54, 1.807) is 0 Å². The van der Waals surface area contributed by atoms with Gasteiger partial charge in [0.05, 0.1) is 0 Å². The second-order valence-electron chi connectivity index (χ2n) is 13.2. The molecule has 0 aromatic heterocycles. The number of nitrogens with zero attached hydrogens (tertiary/aromatic N) is 1. The Morgan fingerprint density at radius 1 is 0.487 bits per heavy atom. The van der Waals surface area contributed by atoms with Gasteiger partial charge in [0.25, 0.3) is 0 Å². The summed E-state index contributed by atoms with van der Waals surface area (Å²) in [6, 6.07) is 9.72. The topological polar surface area (TPSA) is 27.3 Å². The zero-order chi connectivity index (χ0) is 28.7. The molecular weight excluding hydrogens is 521 g/mol. The van der Waals surface area contributed by atoms with E-state index in [2.05, 4.69) is 130 Å². The molecule has 0 spiro atoms. The Labute approximate surface area is 252 Å². The molecule has 0 bridgehead atoms. The van der Waals surface area contributed by atoms with Gasteiger partial charge in [0, 0.05) is 54.0 Å². The fraction of sp³-hybridized carbons (Fsp3) is 0.657. The van der Waals surface area contributed by atoms with Gasteiger partial charge in [-0.15, -0.1) is 0 Å². The van der Waals surface area contributed by atoms with Gasteiger partial charge < -0.3 is 15.5 Å². The van der Waals surface area contributed by atoms with Gasteiger partial charge in [0.15, 0.2) is 0 Å². The molecule has 0 saturated carbocycles. The number of likely N-dealkylation sites (N-methyl/N-ethyl adjacent to an activating group) is 1. The van der Waals surface area contributed by atoms with Gasteiger partial charge in [-0.05, 0) is 75.9 Å². The smallest absolute Gasteiger partial charge is 0.0411 e. The van der Waals surface area contributed by atoms with Gasteiger partial charge in [0.1, 0.15) is 0 Å². The van der Waals surface area contributed by atoms with Gasteiger partial charge in [-0.25, -0.2) is 0 Å². The molecule has 0 amide bonds. The summed E-state index contributed by atoms with van der Waals surface area (Å²) in [5.74, 6) is 3.11. The van der Waals surface area contributed by atoms with E-state index < -0.39 is 0 Å². The Morgan fingerprint density at radius 2 is 0.744 bits per heavy atom. The minimum atomic E-state index is 0. The molecule has 224 valence electrons. The van der Waals surface area contributed by atoms with E-state index in [9.17, 15) is 0 Å². The average molecular weight is 581 g/mol. The molecule has 3 nitrogen and oxygen atoms in total. The maximum Gasteiger partial charge on any atom is 0.0411 e. The molecule has 4 heteroatoms. The summed E-state index contributed by atoms with van der Waals surface area (Å²) in [6.45, 7) is 31.7. The van der Waals surface area contributed by atoms with E-state index >= 15 is 0 Å². The van der Waals surface area contributed by atoms with Gasteiger partial charge >= 0.3 is 0 Å². The Balaban J connectivity index is 0.00000760. The average Bonchev–Trinajstić information content (AvgIpc) is 2.82. The molecule has 0 aliphatic carbocycles. The monoisotopic (exact) mass is 579 g/mol. The van der Waals surface area contributed by atoms with Gasteiger partial charge in [0.2, 0.25) is 0 Å². The van der Waals surface area contributed by atoms with Crippen LogP contribution < -0.4 is 10.6 Å². The Bertz CT molecular complexity index is 881. The molecule has 0 unspecified atom stereocenters. The molecule has 0 atom stereocenters.